The second kappa shape index (κ2) is 6.50. The van der Waals surface area contributed by atoms with Crippen LogP contribution in [-0.4, -0.2) is 42.2 Å². The van der Waals surface area contributed by atoms with E-state index in [0.717, 1.165) is 28.5 Å². The first-order valence-corrected chi connectivity index (χ1v) is 7.58. The largest absolute Gasteiger partial charge is 0.395 e. The van der Waals surface area contributed by atoms with Gasteiger partial charge in [-0.05, 0) is 35.4 Å². The van der Waals surface area contributed by atoms with Crippen LogP contribution in [0.4, 0.5) is 19.3 Å². The van der Waals surface area contributed by atoms with Crippen molar-refractivity contribution < 1.29 is 18.7 Å². The van der Waals surface area contributed by atoms with E-state index in [2.05, 4.69) is 11.4 Å². The van der Waals surface area contributed by atoms with Gasteiger partial charge in [0.2, 0.25) is 0 Å². The van der Waals surface area contributed by atoms with E-state index >= 15 is 0 Å². The minimum Gasteiger partial charge on any atom is -0.395 e. The molecular weight excluding hydrogens is 302 g/mol. The van der Waals surface area contributed by atoms with Crippen LogP contribution in [0, 0.1) is 0 Å². The fourth-order valence-corrected chi connectivity index (χ4v) is 3.11. The molecule has 0 spiro atoms. The van der Waals surface area contributed by atoms with E-state index in [9.17, 15) is 13.6 Å². The lowest BCUT2D eigenvalue weighted by molar-refractivity contribution is 0.0943. The summed E-state index contributed by atoms with van der Waals surface area (Å²) in [4.78, 5) is 13.2. The van der Waals surface area contributed by atoms with Gasteiger partial charge < -0.3 is 15.3 Å². The number of alkyl halides is 2. The molecule has 0 heterocycles. The first-order chi connectivity index (χ1) is 11.1. The molecule has 2 aromatic carbocycles. The van der Waals surface area contributed by atoms with Gasteiger partial charge in [-0.15, -0.1) is 0 Å². The number of rotatable bonds is 5. The molecule has 0 saturated carbocycles. The number of benzene rings is 2. The Balaban J connectivity index is 1.88. The van der Waals surface area contributed by atoms with Crippen molar-refractivity contribution in [2.24, 2.45) is 0 Å². The molecule has 4 nitrogen and oxygen atoms in total. The van der Waals surface area contributed by atoms with Crippen molar-refractivity contribution in [2.75, 3.05) is 25.0 Å². The van der Waals surface area contributed by atoms with E-state index in [1.54, 1.807) is 0 Å². The number of carbonyl (C=O) groups is 1. The molecule has 3 rings (SSSR count). The Morgan fingerprint density at radius 2 is 1.96 bits per heavy atom. The fourth-order valence-electron chi connectivity index (χ4n) is 3.11. The second-order valence-electron chi connectivity index (χ2n) is 5.60. The highest BCUT2D eigenvalue weighted by atomic mass is 19.3. The average molecular weight is 320 g/mol. The van der Waals surface area contributed by atoms with Gasteiger partial charge in [-0.25, -0.2) is 13.6 Å². The van der Waals surface area contributed by atoms with Crippen molar-refractivity contribution >= 4 is 22.5 Å². The summed E-state index contributed by atoms with van der Waals surface area (Å²) in [5.41, 5.74) is 3.09. The van der Waals surface area contributed by atoms with Gasteiger partial charge in [-0.2, -0.15) is 0 Å². The molecule has 0 aromatic heterocycles. The number of nitrogens with one attached hydrogen (secondary N) is 1. The van der Waals surface area contributed by atoms with Crippen molar-refractivity contribution in [3.8, 4) is 0 Å². The molecule has 1 aliphatic carbocycles. The summed E-state index contributed by atoms with van der Waals surface area (Å²) in [5.74, 6) is 0. The molecule has 2 amide bonds. The van der Waals surface area contributed by atoms with Crippen molar-refractivity contribution in [1.29, 1.82) is 0 Å². The molecule has 0 radical (unpaired) electrons. The van der Waals surface area contributed by atoms with Crippen LogP contribution in [0.2, 0.25) is 0 Å². The van der Waals surface area contributed by atoms with Crippen molar-refractivity contribution in [3.63, 3.8) is 0 Å². The lowest BCUT2D eigenvalue weighted by Gasteiger charge is -2.22. The topological polar surface area (TPSA) is 52.6 Å². The number of hydrogen-bond donors (Lipinski definition) is 2. The molecule has 2 N–H and O–H groups in total. The number of aryl methyl sites for hydroxylation is 2. The van der Waals surface area contributed by atoms with Crippen molar-refractivity contribution in [3.05, 3.63) is 41.5 Å². The minimum absolute atomic E-state index is 0.128. The summed E-state index contributed by atoms with van der Waals surface area (Å²) in [6.45, 7) is -1.19. The molecule has 2 aromatic rings. The number of urea groups is 1. The highest BCUT2D eigenvalue weighted by Gasteiger charge is 2.20. The van der Waals surface area contributed by atoms with Gasteiger partial charge in [0.25, 0.3) is 6.43 Å². The summed E-state index contributed by atoms with van der Waals surface area (Å²) >= 11 is 0. The SMILES string of the molecule is O=C(Nc1ccc2c3c(cccc13)CC2)N(CCO)CC(F)F. The van der Waals surface area contributed by atoms with Gasteiger partial charge in [-0.1, -0.05) is 24.3 Å². The molecule has 0 saturated heterocycles. The summed E-state index contributed by atoms with van der Waals surface area (Å²) in [7, 11) is 0. The Hall–Kier alpha value is -2.21. The Bertz CT molecular complexity index is 724. The third kappa shape index (κ3) is 3.12. The maximum atomic E-state index is 12.6. The number of aliphatic hydroxyl groups is 1. The van der Waals surface area contributed by atoms with Gasteiger partial charge in [0, 0.05) is 11.9 Å². The van der Waals surface area contributed by atoms with Crippen LogP contribution < -0.4 is 5.32 Å². The third-order valence-corrected chi connectivity index (χ3v) is 4.13. The number of hydrogen-bond acceptors (Lipinski definition) is 2. The Morgan fingerprint density at radius 3 is 2.65 bits per heavy atom. The number of anilines is 1. The van der Waals surface area contributed by atoms with Gasteiger partial charge in [0.1, 0.15) is 0 Å². The highest BCUT2D eigenvalue weighted by molar-refractivity contribution is 6.04. The molecule has 0 aliphatic heterocycles. The fraction of sp³-hybridized carbons (Fsp3) is 0.353. The van der Waals surface area contributed by atoms with Gasteiger partial charge in [0.15, 0.2) is 0 Å². The van der Waals surface area contributed by atoms with Crippen LogP contribution in [-0.2, 0) is 12.8 Å². The summed E-state index contributed by atoms with van der Waals surface area (Å²) in [6, 6.07) is 9.08. The predicted octanol–water partition coefficient (Wildman–Crippen LogP) is 3.03. The summed E-state index contributed by atoms with van der Waals surface area (Å²) < 4.78 is 25.1. The molecule has 1 aliphatic rings. The number of amides is 2. The zero-order valence-corrected chi connectivity index (χ0v) is 12.6. The van der Waals surface area contributed by atoms with Crippen LogP contribution in [0.25, 0.3) is 10.8 Å². The summed E-state index contributed by atoms with van der Waals surface area (Å²) in [6.07, 6.45) is -0.682. The highest BCUT2D eigenvalue weighted by Crippen LogP contribution is 2.35. The standard InChI is InChI=1S/C17H18F2N2O2/c18-15(19)10-21(8-9-22)17(23)20-14-7-6-12-5-4-11-2-1-3-13(14)16(11)12/h1-3,6-7,15,22H,4-5,8-10H2,(H,20,23). The minimum atomic E-state index is -2.64. The van der Waals surface area contributed by atoms with E-state index < -0.39 is 19.0 Å². The smallest absolute Gasteiger partial charge is 0.322 e. The Morgan fingerprint density at radius 1 is 1.22 bits per heavy atom. The van der Waals surface area contributed by atoms with Crippen LogP contribution in [0.15, 0.2) is 30.3 Å². The first-order valence-electron chi connectivity index (χ1n) is 7.58. The lowest BCUT2D eigenvalue weighted by atomic mass is 10.0. The molecule has 0 atom stereocenters. The van der Waals surface area contributed by atoms with Gasteiger partial charge in [-0.3, -0.25) is 0 Å². The first kappa shape index (κ1) is 15.7. The monoisotopic (exact) mass is 320 g/mol. The van der Waals surface area contributed by atoms with E-state index in [1.165, 1.54) is 11.1 Å². The van der Waals surface area contributed by atoms with Crippen molar-refractivity contribution in [2.45, 2.75) is 19.3 Å². The Kier molecular flexibility index (Phi) is 4.43. The summed E-state index contributed by atoms with van der Waals surface area (Å²) in [5, 5.41) is 13.7. The number of nitrogens with zero attached hydrogens (tertiary/aromatic N) is 1. The maximum absolute atomic E-state index is 12.6. The van der Waals surface area contributed by atoms with Crippen LogP contribution in [0.1, 0.15) is 11.1 Å². The zero-order chi connectivity index (χ0) is 16.4. The number of aliphatic hydroxyl groups excluding tert-OH is 1. The molecule has 122 valence electrons. The predicted molar refractivity (Wildman–Crippen MR) is 85.0 cm³/mol. The van der Waals surface area contributed by atoms with E-state index in [0.29, 0.717) is 5.69 Å². The maximum Gasteiger partial charge on any atom is 0.322 e. The van der Waals surface area contributed by atoms with Crippen LogP contribution >= 0.6 is 0 Å². The quantitative estimate of drug-likeness (QED) is 0.890. The van der Waals surface area contributed by atoms with Gasteiger partial charge in [0.05, 0.1) is 18.8 Å². The van der Waals surface area contributed by atoms with Crippen LogP contribution in [0.5, 0.6) is 0 Å². The number of halogens is 2. The lowest BCUT2D eigenvalue weighted by Crippen LogP contribution is -2.40. The molecule has 0 bridgehead atoms. The number of carbonyl (C=O) groups excluding carboxylic acids is 1. The average Bonchev–Trinajstić information content (AvgIpc) is 2.94. The normalized spacial score (nSPS) is 12.9. The van der Waals surface area contributed by atoms with Crippen LogP contribution in [0.3, 0.4) is 0 Å². The van der Waals surface area contributed by atoms with E-state index in [-0.39, 0.29) is 13.2 Å². The molecular formula is C17H18F2N2O2. The second-order valence-corrected chi connectivity index (χ2v) is 5.60. The molecule has 0 fully saturated rings. The third-order valence-electron chi connectivity index (χ3n) is 4.13. The van der Waals surface area contributed by atoms with E-state index in [1.807, 2.05) is 24.3 Å². The Labute approximate surface area is 132 Å². The molecule has 23 heavy (non-hydrogen) atoms. The molecule has 6 heteroatoms. The van der Waals surface area contributed by atoms with E-state index in [4.69, 9.17) is 5.11 Å². The molecule has 0 unspecified atom stereocenters. The zero-order valence-electron chi connectivity index (χ0n) is 12.6. The van der Waals surface area contributed by atoms with Crippen molar-refractivity contribution in [1.82, 2.24) is 4.90 Å². The van der Waals surface area contributed by atoms with Gasteiger partial charge >= 0.3 is 6.03 Å².